The maximum absolute atomic E-state index is 4.67. The first kappa shape index (κ1) is 16.3. The Balaban J connectivity index is 1.92. The number of hydrogen-bond donors (Lipinski definition) is 0. The van der Waals surface area contributed by atoms with Gasteiger partial charge in [0.15, 0.2) is 5.84 Å². The van der Waals surface area contributed by atoms with Gasteiger partial charge in [-0.3, -0.25) is 4.57 Å². The fourth-order valence-corrected chi connectivity index (χ4v) is 3.28. The minimum atomic E-state index is 0.877. The maximum atomic E-state index is 4.67. The van der Waals surface area contributed by atoms with Crippen LogP contribution in [0.4, 0.5) is 0 Å². The minimum absolute atomic E-state index is 0.877. The van der Waals surface area contributed by atoms with Crippen LogP contribution in [0.1, 0.15) is 11.1 Å². The van der Waals surface area contributed by atoms with Gasteiger partial charge in [0, 0.05) is 42.7 Å². The van der Waals surface area contributed by atoms with E-state index >= 15 is 0 Å². The Morgan fingerprint density at radius 1 is 1.08 bits per heavy atom. The van der Waals surface area contributed by atoms with E-state index in [4.69, 9.17) is 0 Å². The molecule has 0 atom stereocenters. The average molecular weight is 336 g/mol. The molecule has 0 aliphatic rings. The van der Waals surface area contributed by atoms with E-state index in [1.165, 1.54) is 10.5 Å². The van der Waals surface area contributed by atoms with Crippen LogP contribution in [0.25, 0.3) is 0 Å². The fraction of sp³-hybridized carbons (Fsp3) is 0.158. The van der Waals surface area contributed by atoms with E-state index in [1.807, 2.05) is 53.8 Å². The van der Waals surface area contributed by atoms with Gasteiger partial charge in [0.05, 0.1) is 0 Å². The van der Waals surface area contributed by atoms with Gasteiger partial charge >= 0.3 is 0 Å². The summed E-state index contributed by atoms with van der Waals surface area (Å²) < 4.78 is 1.95. The first-order valence-electron chi connectivity index (χ1n) is 7.74. The molecule has 0 aliphatic carbocycles. The maximum Gasteiger partial charge on any atom is 0.165 e. The molecule has 122 valence electrons. The van der Waals surface area contributed by atoms with Crippen molar-refractivity contribution < 1.29 is 0 Å². The summed E-state index contributed by atoms with van der Waals surface area (Å²) in [5.41, 5.74) is 2.37. The van der Waals surface area contributed by atoms with Crippen molar-refractivity contribution in [2.24, 2.45) is 5.10 Å². The molecule has 0 fully saturated rings. The van der Waals surface area contributed by atoms with Crippen molar-refractivity contribution in [2.45, 2.75) is 10.6 Å². The van der Waals surface area contributed by atoms with E-state index < -0.39 is 0 Å². The second kappa shape index (κ2) is 7.84. The Kier molecular flexibility index (Phi) is 5.33. The van der Waals surface area contributed by atoms with Crippen LogP contribution in [0, 0.1) is 0 Å². The Bertz CT molecular complexity index is 795. The lowest BCUT2D eigenvalue weighted by atomic mass is 10.1. The average Bonchev–Trinajstić information content (AvgIpc) is 3.13. The van der Waals surface area contributed by atoms with Gasteiger partial charge in [-0.05, 0) is 17.7 Å². The van der Waals surface area contributed by atoms with Crippen LogP contribution in [0.3, 0.4) is 0 Å². The Hall–Kier alpha value is -2.53. The molecule has 1 aromatic heterocycles. The molecule has 3 rings (SSSR count). The lowest BCUT2D eigenvalue weighted by Gasteiger charge is -2.15. The SMILES string of the molecule is CN(C)N=C(c1ccccc1CSc1ccccc1)n1ccnc1. The molecule has 0 saturated carbocycles. The summed E-state index contributed by atoms with van der Waals surface area (Å²) in [7, 11) is 3.86. The quantitative estimate of drug-likeness (QED) is 0.306. The molecule has 2 aromatic carbocycles. The standard InChI is InChI=1S/C19H20N4S/c1-22(2)21-19(23-13-12-20-15-23)18-11-7-6-8-16(18)14-24-17-9-4-3-5-10-17/h3-13,15H,14H2,1-2H3. The third kappa shape index (κ3) is 4.06. The summed E-state index contributed by atoms with van der Waals surface area (Å²) >= 11 is 1.83. The summed E-state index contributed by atoms with van der Waals surface area (Å²) in [6.45, 7) is 0. The predicted molar refractivity (Wildman–Crippen MR) is 100 cm³/mol. The number of nitrogens with zero attached hydrogens (tertiary/aromatic N) is 4. The lowest BCUT2D eigenvalue weighted by Crippen LogP contribution is -2.18. The Morgan fingerprint density at radius 3 is 2.54 bits per heavy atom. The molecular weight excluding hydrogens is 316 g/mol. The van der Waals surface area contributed by atoms with Gasteiger partial charge in [0.1, 0.15) is 6.33 Å². The number of thioether (sulfide) groups is 1. The third-order valence-electron chi connectivity index (χ3n) is 3.44. The summed E-state index contributed by atoms with van der Waals surface area (Å²) in [4.78, 5) is 5.42. The molecule has 24 heavy (non-hydrogen) atoms. The molecule has 0 amide bonds. The normalized spacial score (nSPS) is 11.5. The molecule has 0 saturated heterocycles. The van der Waals surface area contributed by atoms with Crippen LogP contribution in [-0.4, -0.2) is 34.5 Å². The minimum Gasteiger partial charge on any atom is -0.301 e. The summed E-state index contributed by atoms with van der Waals surface area (Å²) in [6, 6.07) is 18.8. The predicted octanol–water partition coefficient (Wildman–Crippen LogP) is 3.95. The van der Waals surface area contributed by atoms with E-state index in [1.54, 1.807) is 12.5 Å². The second-order valence-electron chi connectivity index (χ2n) is 5.50. The van der Waals surface area contributed by atoms with E-state index in [0.29, 0.717) is 0 Å². The van der Waals surface area contributed by atoms with Crippen molar-refractivity contribution in [3.63, 3.8) is 0 Å². The molecule has 0 bridgehead atoms. The molecule has 0 radical (unpaired) electrons. The van der Waals surface area contributed by atoms with Crippen LogP contribution < -0.4 is 0 Å². The van der Waals surface area contributed by atoms with Crippen molar-refractivity contribution >= 4 is 17.6 Å². The Morgan fingerprint density at radius 2 is 1.83 bits per heavy atom. The van der Waals surface area contributed by atoms with Gasteiger partial charge in [0.2, 0.25) is 0 Å². The zero-order valence-electron chi connectivity index (χ0n) is 13.8. The number of hydrazone groups is 1. The number of benzene rings is 2. The van der Waals surface area contributed by atoms with Gasteiger partial charge in [-0.1, -0.05) is 42.5 Å². The van der Waals surface area contributed by atoms with Crippen LogP contribution in [0.2, 0.25) is 0 Å². The van der Waals surface area contributed by atoms with Crippen LogP contribution >= 0.6 is 11.8 Å². The van der Waals surface area contributed by atoms with Crippen molar-refractivity contribution in [1.29, 1.82) is 0 Å². The first-order valence-corrected chi connectivity index (χ1v) is 8.73. The number of hydrogen-bond acceptors (Lipinski definition) is 4. The first-order chi connectivity index (χ1) is 11.7. The van der Waals surface area contributed by atoms with Crippen molar-refractivity contribution in [2.75, 3.05) is 14.1 Å². The molecule has 0 spiro atoms. The molecule has 1 heterocycles. The van der Waals surface area contributed by atoms with Crippen molar-refractivity contribution in [3.05, 3.63) is 84.4 Å². The zero-order valence-corrected chi connectivity index (χ0v) is 14.6. The highest BCUT2D eigenvalue weighted by molar-refractivity contribution is 7.98. The number of imidazole rings is 1. The molecule has 4 nitrogen and oxygen atoms in total. The highest BCUT2D eigenvalue weighted by Crippen LogP contribution is 2.24. The van der Waals surface area contributed by atoms with Crippen molar-refractivity contribution in [1.82, 2.24) is 14.6 Å². The van der Waals surface area contributed by atoms with E-state index in [0.717, 1.165) is 17.2 Å². The second-order valence-corrected chi connectivity index (χ2v) is 6.55. The topological polar surface area (TPSA) is 33.4 Å². The molecule has 0 aliphatic heterocycles. The largest absolute Gasteiger partial charge is 0.301 e. The number of rotatable bonds is 5. The zero-order chi connectivity index (χ0) is 16.8. The van der Waals surface area contributed by atoms with Crippen LogP contribution in [0.15, 0.2) is 83.3 Å². The van der Waals surface area contributed by atoms with Crippen molar-refractivity contribution in [3.8, 4) is 0 Å². The Labute approximate surface area is 146 Å². The molecule has 3 aromatic rings. The van der Waals surface area contributed by atoms with E-state index in [2.05, 4.69) is 52.5 Å². The molecule has 0 unspecified atom stereocenters. The monoisotopic (exact) mass is 336 g/mol. The van der Waals surface area contributed by atoms with Gasteiger partial charge < -0.3 is 5.01 Å². The van der Waals surface area contributed by atoms with E-state index in [9.17, 15) is 0 Å². The van der Waals surface area contributed by atoms with Gasteiger partial charge in [-0.15, -0.1) is 11.8 Å². The molecule has 5 heteroatoms. The van der Waals surface area contributed by atoms with Gasteiger partial charge in [0.25, 0.3) is 0 Å². The third-order valence-corrected chi connectivity index (χ3v) is 4.50. The molecule has 0 N–H and O–H groups in total. The fourth-order valence-electron chi connectivity index (χ4n) is 2.36. The van der Waals surface area contributed by atoms with E-state index in [-0.39, 0.29) is 0 Å². The number of aromatic nitrogens is 2. The molecular formula is C19H20N4S. The van der Waals surface area contributed by atoms with Gasteiger partial charge in [-0.25, -0.2) is 4.98 Å². The lowest BCUT2D eigenvalue weighted by molar-refractivity contribution is 0.435. The van der Waals surface area contributed by atoms with Crippen LogP contribution in [0.5, 0.6) is 0 Å². The highest BCUT2D eigenvalue weighted by Gasteiger charge is 2.12. The smallest absolute Gasteiger partial charge is 0.165 e. The summed E-state index contributed by atoms with van der Waals surface area (Å²) in [5.74, 6) is 1.77. The summed E-state index contributed by atoms with van der Waals surface area (Å²) in [5, 5.41) is 6.48. The highest BCUT2D eigenvalue weighted by atomic mass is 32.2. The van der Waals surface area contributed by atoms with Crippen LogP contribution in [-0.2, 0) is 5.75 Å². The van der Waals surface area contributed by atoms with Gasteiger partial charge in [-0.2, -0.15) is 5.10 Å². The summed E-state index contributed by atoms with van der Waals surface area (Å²) in [6.07, 6.45) is 5.47.